The summed E-state index contributed by atoms with van der Waals surface area (Å²) in [5.41, 5.74) is 0. The van der Waals surface area contributed by atoms with Gasteiger partial charge in [0.15, 0.2) is 8.32 Å². The molecule has 19 heavy (non-hydrogen) atoms. The van der Waals surface area contributed by atoms with E-state index in [9.17, 15) is 0 Å². The standard InChI is InChI=1S/C14H36O2Si3/c1-12-14(4,16-19(9,10)11)17(5)15-13(2,3)18(6,7)8/h17H,12H2,1-11H3. The highest BCUT2D eigenvalue weighted by Gasteiger charge is 2.43. The smallest absolute Gasteiger partial charge is 0.204 e. The van der Waals surface area contributed by atoms with Crippen LogP contribution in [0.2, 0.25) is 45.8 Å². The normalized spacial score (nSPS) is 19.1. The van der Waals surface area contributed by atoms with E-state index in [1.807, 2.05) is 0 Å². The zero-order valence-corrected chi connectivity index (χ0v) is 18.3. The molecule has 0 amide bonds. The van der Waals surface area contributed by atoms with E-state index in [1.165, 1.54) is 0 Å². The average Bonchev–Trinajstić information content (AvgIpc) is 2.12. The lowest BCUT2D eigenvalue weighted by atomic mass is 10.3. The molecule has 0 aliphatic rings. The summed E-state index contributed by atoms with van der Waals surface area (Å²) in [5, 5.41) is -0.0146. The van der Waals surface area contributed by atoms with Gasteiger partial charge in [0.2, 0.25) is 9.04 Å². The van der Waals surface area contributed by atoms with E-state index in [0.29, 0.717) is 0 Å². The fourth-order valence-electron chi connectivity index (χ4n) is 1.89. The Bertz CT molecular complexity index is 292. The minimum atomic E-state index is -1.53. The van der Waals surface area contributed by atoms with Gasteiger partial charge in [0.25, 0.3) is 0 Å². The molecular weight excluding hydrogens is 284 g/mol. The van der Waals surface area contributed by atoms with Gasteiger partial charge in [-0.25, -0.2) is 0 Å². The topological polar surface area (TPSA) is 18.5 Å². The number of hydrogen-bond donors (Lipinski definition) is 0. The molecule has 116 valence electrons. The molecule has 2 unspecified atom stereocenters. The van der Waals surface area contributed by atoms with Crippen molar-refractivity contribution in [2.75, 3.05) is 0 Å². The van der Waals surface area contributed by atoms with Crippen molar-refractivity contribution >= 4 is 25.4 Å². The van der Waals surface area contributed by atoms with Crippen LogP contribution < -0.4 is 0 Å². The molecule has 0 aromatic carbocycles. The van der Waals surface area contributed by atoms with E-state index >= 15 is 0 Å². The van der Waals surface area contributed by atoms with Crippen molar-refractivity contribution in [2.45, 2.75) is 90.4 Å². The van der Waals surface area contributed by atoms with Gasteiger partial charge < -0.3 is 8.85 Å². The van der Waals surface area contributed by atoms with Gasteiger partial charge in [-0.05, 0) is 53.4 Å². The minimum absolute atomic E-state index is 0.0257. The molecule has 2 atom stereocenters. The molecule has 0 saturated heterocycles. The van der Waals surface area contributed by atoms with Crippen molar-refractivity contribution in [2.24, 2.45) is 0 Å². The van der Waals surface area contributed by atoms with E-state index in [-0.39, 0.29) is 10.4 Å². The van der Waals surface area contributed by atoms with Crippen LogP contribution in [0.25, 0.3) is 0 Å². The maximum atomic E-state index is 6.60. The van der Waals surface area contributed by atoms with Crippen molar-refractivity contribution in [3.05, 3.63) is 0 Å². The van der Waals surface area contributed by atoms with Gasteiger partial charge in [-0.1, -0.05) is 26.6 Å². The molecule has 0 N–H and O–H groups in total. The summed E-state index contributed by atoms with van der Waals surface area (Å²) < 4.78 is 13.1. The van der Waals surface area contributed by atoms with Gasteiger partial charge in [0, 0.05) is 5.22 Å². The first-order valence-electron chi connectivity index (χ1n) is 7.52. The predicted octanol–water partition coefficient (Wildman–Crippen LogP) is 4.57. The Morgan fingerprint density at radius 2 is 1.37 bits per heavy atom. The third-order valence-electron chi connectivity index (χ3n) is 4.38. The monoisotopic (exact) mass is 320 g/mol. The lowest BCUT2D eigenvalue weighted by molar-refractivity contribution is 0.0985. The summed E-state index contributed by atoms with van der Waals surface area (Å²) in [6.07, 6.45) is 1.05. The second-order valence-corrected chi connectivity index (χ2v) is 21.3. The molecule has 0 aromatic heterocycles. The van der Waals surface area contributed by atoms with Crippen LogP contribution in [-0.4, -0.2) is 35.9 Å². The van der Waals surface area contributed by atoms with Gasteiger partial charge in [-0.3, -0.25) is 0 Å². The highest BCUT2D eigenvalue weighted by Crippen LogP contribution is 2.31. The number of rotatable bonds is 7. The zero-order valence-electron chi connectivity index (χ0n) is 15.1. The van der Waals surface area contributed by atoms with Crippen molar-refractivity contribution in [1.82, 2.24) is 0 Å². The molecule has 0 rings (SSSR count). The third-order valence-corrected chi connectivity index (χ3v) is 12.8. The van der Waals surface area contributed by atoms with Crippen LogP contribution in [0.15, 0.2) is 0 Å². The van der Waals surface area contributed by atoms with Gasteiger partial charge in [-0.2, -0.15) is 0 Å². The fraction of sp³-hybridized carbons (Fsp3) is 1.00. The average molecular weight is 321 g/mol. The van der Waals surface area contributed by atoms with Crippen molar-refractivity contribution in [3.63, 3.8) is 0 Å². The van der Waals surface area contributed by atoms with Crippen molar-refractivity contribution in [3.8, 4) is 0 Å². The van der Waals surface area contributed by atoms with Gasteiger partial charge in [-0.15, -0.1) is 0 Å². The molecule has 0 bridgehead atoms. The van der Waals surface area contributed by atoms with E-state index in [0.717, 1.165) is 6.42 Å². The molecule has 0 heterocycles. The molecule has 0 aliphatic heterocycles. The van der Waals surface area contributed by atoms with Crippen molar-refractivity contribution in [1.29, 1.82) is 0 Å². The molecule has 0 saturated carbocycles. The third kappa shape index (κ3) is 5.83. The lowest BCUT2D eigenvalue weighted by Gasteiger charge is -2.46. The first-order chi connectivity index (χ1) is 8.15. The quantitative estimate of drug-likeness (QED) is 0.640. The summed E-state index contributed by atoms with van der Waals surface area (Å²) in [4.78, 5) is 0. The first-order valence-corrected chi connectivity index (χ1v) is 16.6. The van der Waals surface area contributed by atoms with E-state index in [2.05, 4.69) is 73.5 Å². The van der Waals surface area contributed by atoms with Crippen LogP contribution in [0, 0.1) is 0 Å². The zero-order chi connectivity index (χ0) is 15.7. The Morgan fingerprint density at radius 1 is 0.947 bits per heavy atom. The van der Waals surface area contributed by atoms with Crippen LogP contribution in [0.3, 0.4) is 0 Å². The summed E-state index contributed by atoms with van der Waals surface area (Å²) in [5.74, 6) is 0. The molecule has 2 nitrogen and oxygen atoms in total. The highest BCUT2D eigenvalue weighted by molar-refractivity contribution is 6.79. The van der Waals surface area contributed by atoms with Gasteiger partial charge in [0.1, 0.15) is 0 Å². The Kier molecular flexibility index (Phi) is 6.32. The van der Waals surface area contributed by atoms with Crippen LogP contribution in [-0.2, 0) is 8.85 Å². The Morgan fingerprint density at radius 3 is 1.63 bits per heavy atom. The molecule has 0 radical (unpaired) electrons. The summed E-state index contributed by atoms with van der Waals surface area (Å²) in [6, 6.07) is 0. The minimum Gasteiger partial charge on any atom is -0.415 e. The lowest BCUT2D eigenvalue weighted by Crippen LogP contribution is -2.58. The van der Waals surface area contributed by atoms with Crippen LogP contribution in [0.5, 0.6) is 0 Å². The van der Waals surface area contributed by atoms with Crippen LogP contribution in [0.1, 0.15) is 34.1 Å². The molecule has 0 aromatic rings. The Hall–Kier alpha value is 0.571. The van der Waals surface area contributed by atoms with Crippen LogP contribution in [0.4, 0.5) is 0 Å². The fourth-order valence-corrected chi connectivity index (χ4v) is 8.81. The summed E-state index contributed by atoms with van der Waals surface area (Å²) in [7, 11) is -4.27. The Labute approximate surface area is 125 Å². The molecular formula is C14H36O2Si3. The maximum absolute atomic E-state index is 6.60. The van der Waals surface area contributed by atoms with Gasteiger partial charge in [0.05, 0.1) is 13.3 Å². The summed E-state index contributed by atoms with van der Waals surface area (Å²) >= 11 is 0. The first kappa shape index (κ1) is 19.6. The van der Waals surface area contributed by atoms with E-state index in [4.69, 9.17) is 8.85 Å². The van der Waals surface area contributed by atoms with Gasteiger partial charge >= 0.3 is 0 Å². The number of hydrogen-bond acceptors (Lipinski definition) is 2. The van der Waals surface area contributed by atoms with Crippen molar-refractivity contribution < 1.29 is 8.85 Å². The largest absolute Gasteiger partial charge is 0.415 e. The Balaban J connectivity index is 5.02. The van der Waals surface area contributed by atoms with Crippen LogP contribution >= 0.6 is 0 Å². The summed E-state index contributed by atoms with van der Waals surface area (Å²) in [6.45, 7) is 25.3. The second kappa shape index (κ2) is 6.13. The SMILES string of the molecule is CCC(C)(O[Si](C)(C)C)[SiH](C)OC(C)(C)[Si](C)(C)C. The molecule has 5 heteroatoms. The molecule has 0 fully saturated rings. The van der Waals surface area contributed by atoms with E-state index in [1.54, 1.807) is 0 Å². The predicted molar refractivity (Wildman–Crippen MR) is 94.7 cm³/mol. The highest BCUT2D eigenvalue weighted by atomic mass is 28.4. The second-order valence-electron chi connectivity index (χ2n) is 8.40. The molecule has 0 spiro atoms. The maximum Gasteiger partial charge on any atom is 0.204 e. The molecule has 0 aliphatic carbocycles. The van der Waals surface area contributed by atoms with E-state index < -0.39 is 25.4 Å².